The molecule has 0 aliphatic carbocycles. The molecule has 1 unspecified atom stereocenters. The van der Waals surface area contributed by atoms with Gasteiger partial charge in [0.2, 0.25) is 0 Å². The lowest BCUT2D eigenvalue weighted by molar-refractivity contribution is 0.0951. The molecular formula is C12H17N3O. The van der Waals surface area contributed by atoms with Gasteiger partial charge in [-0.15, -0.1) is 6.58 Å². The Morgan fingerprint density at radius 1 is 1.69 bits per heavy atom. The van der Waals surface area contributed by atoms with Gasteiger partial charge in [0.25, 0.3) is 5.91 Å². The molecule has 0 aliphatic heterocycles. The van der Waals surface area contributed by atoms with Gasteiger partial charge >= 0.3 is 0 Å². The minimum atomic E-state index is -0.155. The van der Waals surface area contributed by atoms with Gasteiger partial charge in [0.05, 0.1) is 0 Å². The van der Waals surface area contributed by atoms with Gasteiger partial charge in [-0.3, -0.25) is 9.78 Å². The quantitative estimate of drug-likeness (QED) is 0.743. The molecular weight excluding hydrogens is 202 g/mol. The lowest BCUT2D eigenvalue weighted by Gasteiger charge is -2.11. The van der Waals surface area contributed by atoms with E-state index in [1.165, 1.54) is 0 Å². The summed E-state index contributed by atoms with van der Waals surface area (Å²) in [5, 5.41) is 5.90. The van der Waals surface area contributed by atoms with E-state index in [2.05, 4.69) is 22.2 Å². The fourth-order valence-corrected chi connectivity index (χ4v) is 1.22. The molecule has 1 aromatic rings. The predicted octanol–water partition coefficient (Wildman–Crippen LogP) is 1.82. The molecule has 1 atom stereocenters. The molecule has 0 radical (unpaired) electrons. The van der Waals surface area contributed by atoms with Crippen molar-refractivity contribution >= 4 is 11.6 Å². The number of carbonyl (C=O) groups is 1. The zero-order valence-corrected chi connectivity index (χ0v) is 9.66. The van der Waals surface area contributed by atoms with E-state index < -0.39 is 0 Å². The van der Waals surface area contributed by atoms with Crippen LogP contribution in [0.4, 0.5) is 5.69 Å². The Bertz CT molecular complexity index is 376. The molecule has 0 aliphatic rings. The van der Waals surface area contributed by atoms with E-state index in [0.29, 0.717) is 12.2 Å². The topological polar surface area (TPSA) is 54.0 Å². The summed E-state index contributed by atoms with van der Waals surface area (Å²) in [6.45, 7) is 8.14. The van der Waals surface area contributed by atoms with Crippen LogP contribution >= 0.6 is 0 Å². The average molecular weight is 219 g/mol. The standard InChI is InChI=1S/C12H17N3O/c1-4-9(3)15-10-6-7-14-11(8-10)12(16)13-5-2/h4,6-9H,1,5H2,2-3H3,(H,13,16)(H,14,15). The normalized spacial score (nSPS) is 11.6. The summed E-state index contributed by atoms with van der Waals surface area (Å²) in [7, 11) is 0. The van der Waals surface area contributed by atoms with Gasteiger partial charge in [-0.2, -0.15) is 0 Å². The van der Waals surface area contributed by atoms with Gasteiger partial charge < -0.3 is 10.6 Å². The van der Waals surface area contributed by atoms with E-state index in [9.17, 15) is 4.79 Å². The molecule has 4 heteroatoms. The number of anilines is 1. The van der Waals surface area contributed by atoms with Crippen molar-refractivity contribution in [1.29, 1.82) is 0 Å². The highest BCUT2D eigenvalue weighted by Crippen LogP contribution is 2.09. The van der Waals surface area contributed by atoms with Crippen LogP contribution in [0.5, 0.6) is 0 Å². The molecule has 0 fully saturated rings. The molecule has 0 saturated heterocycles. The summed E-state index contributed by atoms with van der Waals surface area (Å²) in [4.78, 5) is 15.5. The van der Waals surface area contributed by atoms with Crippen molar-refractivity contribution < 1.29 is 4.79 Å². The number of hydrogen-bond donors (Lipinski definition) is 2. The summed E-state index contributed by atoms with van der Waals surface area (Å²) >= 11 is 0. The highest BCUT2D eigenvalue weighted by atomic mass is 16.1. The van der Waals surface area contributed by atoms with Gasteiger partial charge in [-0.1, -0.05) is 6.08 Å². The maximum absolute atomic E-state index is 11.5. The third kappa shape index (κ3) is 3.38. The van der Waals surface area contributed by atoms with E-state index in [1.807, 2.05) is 19.9 Å². The first kappa shape index (κ1) is 12.2. The molecule has 1 rings (SSSR count). The average Bonchev–Trinajstić information content (AvgIpc) is 2.29. The molecule has 1 aromatic heterocycles. The molecule has 0 bridgehead atoms. The number of carbonyl (C=O) groups excluding carboxylic acids is 1. The second kappa shape index (κ2) is 5.90. The van der Waals surface area contributed by atoms with E-state index in [1.54, 1.807) is 18.3 Å². The number of aromatic nitrogens is 1. The Labute approximate surface area is 95.8 Å². The number of amides is 1. The molecule has 0 saturated carbocycles. The lowest BCUT2D eigenvalue weighted by atomic mass is 10.2. The monoisotopic (exact) mass is 219 g/mol. The van der Waals surface area contributed by atoms with Crippen molar-refractivity contribution in [3.05, 3.63) is 36.7 Å². The van der Waals surface area contributed by atoms with Gasteiger partial charge in [-0.25, -0.2) is 0 Å². The van der Waals surface area contributed by atoms with Crippen molar-refractivity contribution in [2.75, 3.05) is 11.9 Å². The lowest BCUT2D eigenvalue weighted by Crippen LogP contribution is -2.24. The largest absolute Gasteiger partial charge is 0.379 e. The van der Waals surface area contributed by atoms with Crippen LogP contribution in [-0.2, 0) is 0 Å². The van der Waals surface area contributed by atoms with Crippen LogP contribution in [0.3, 0.4) is 0 Å². The van der Waals surface area contributed by atoms with E-state index >= 15 is 0 Å². The first-order valence-electron chi connectivity index (χ1n) is 5.30. The Morgan fingerprint density at radius 2 is 2.44 bits per heavy atom. The van der Waals surface area contributed by atoms with Crippen LogP contribution in [0, 0.1) is 0 Å². The molecule has 0 spiro atoms. The summed E-state index contributed by atoms with van der Waals surface area (Å²) in [5.74, 6) is -0.155. The van der Waals surface area contributed by atoms with Crippen LogP contribution in [0.1, 0.15) is 24.3 Å². The number of rotatable bonds is 5. The van der Waals surface area contributed by atoms with Crippen molar-refractivity contribution in [3.63, 3.8) is 0 Å². The minimum absolute atomic E-state index is 0.155. The number of hydrogen-bond acceptors (Lipinski definition) is 3. The Morgan fingerprint density at radius 3 is 3.06 bits per heavy atom. The van der Waals surface area contributed by atoms with Crippen molar-refractivity contribution in [2.45, 2.75) is 19.9 Å². The van der Waals surface area contributed by atoms with E-state index in [0.717, 1.165) is 5.69 Å². The molecule has 2 N–H and O–H groups in total. The summed E-state index contributed by atoms with van der Waals surface area (Å²) in [6.07, 6.45) is 3.41. The van der Waals surface area contributed by atoms with Crippen LogP contribution in [0.2, 0.25) is 0 Å². The maximum atomic E-state index is 11.5. The zero-order chi connectivity index (χ0) is 12.0. The zero-order valence-electron chi connectivity index (χ0n) is 9.66. The maximum Gasteiger partial charge on any atom is 0.269 e. The Balaban J connectivity index is 2.78. The second-order valence-electron chi connectivity index (χ2n) is 3.46. The molecule has 1 amide bonds. The number of nitrogens with one attached hydrogen (secondary N) is 2. The smallest absolute Gasteiger partial charge is 0.269 e. The molecule has 86 valence electrons. The fraction of sp³-hybridized carbons (Fsp3) is 0.333. The summed E-state index contributed by atoms with van der Waals surface area (Å²) in [5.41, 5.74) is 1.28. The van der Waals surface area contributed by atoms with Crippen molar-refractivity contribution in [3.8, 4) is 0 Å². The Kier molecular flexibility index (Phi) is 4.51. The van der Waals surface area contributed by atoms with E-state index in [-0.39, 0.29) is 11.9 Å². The minimum Gasteiger partial charge on any atom is -0.379 e. The summed E-state index contributed by atoms with van der Waals surface area (Å²) in [6, 6.07) is 3.71. The number of pyridine rings is 1. The molecule has 16 heavy (non-hydrogen) atoms. The third-order valence-electron chi connectivity index (χ3n) is 2.08. The van der Waals surface area contributed by atoms with Gasteiger partial charge in [0, 0.05) is 24.5 Å². The molecule has 4 nitrogen and oxygen atoms in total. The second-order valence-corrected chi connectivity index (χ2v) is 3.46. The summed E-state index contributed by atoms with van der Waals surface area (Å²) < 4.78 is 0. The van der Waals surface area contributed by atoms with Gasteiger partial charge in [0.1, 0.15) is 5.69 Å². The molecule has 1 heterocycles. The van der Waals surface area contributed by atoms with Crippen molar-refractivity contribution in [2.24, 2.45) is 0 Å². The van der Waals surface area contributed by atoms with Crippen LogP contribution in [0.15, 0.2) is 31.0 Å². The highest BCUT2D eigenvalue weighted by Gasteiger charge is 2.06. The predicted molar refractivity (Wildman–Crippen MR) is 65.5 cm³/mol. The third-order valence-corrected chi connectivity index (χ3v) is 2.08. The first-order chi connectivity index (χ1) is 7.67. The van der Waals surface area contributed by atoms with Crippen LogP contribution < -0.4 is 10.6 Å². The Hall–Kier alpha value is -1.84. The van der Waals surface area contributed by atoms with Crippen LogP contribution in [-0.4, -0.2) is 23.5 Å². The van der Waals surface area contributed by atoms with Crippen molar-refractivity contribution in [1.82, 2.24) is 10.3 Å². The number of nitrogens with zero attached hydrogens (tertiary/aromatic N) is 1. The van der Waals surface area contributed by atoms with E-state index in [4.69, 9.17) is 0 Å². The van der Waals surface area contributed by atoms with Gasteiger partial charge in [-0.05, 0) is 26.0 Å². The first-order valence-corrected chi connectivity index (χ1v) is 5.30. The fourth-order valence-electron chi connectivity index (χ4n) is 1.22. The highest BCUT2D eigenvalue weighted by molar-refractivity contribution is 5.93. The van der Waals surface area contributed by atoms with Crippen LogP contribution in [0.25, 0.3) is 0 Å². The van der Waals surface area contributed by atoms with Gasteiger partial charge in [0.15, 0.2) is 0 Å². The SMILES string of the molecule is C=CC(C)Nc1ccnc(C(=O)NCC)c1. The molecule has 0 aromatic carbocycles.